The van der Waals surface area contributed by atoms with Crippen molar-refractivity contribution in [2.45, 2.75) is 25.2 Å². The number of fused-ring (bicyclic) bond motifs is 1. The van der Waals surface area contributed by atoms with Crippen LogP contribution in [0.4, 0.5) is 0 Å². The van der Waals surface area contributed by atoms with Gasteiger partial charge in [-0.05, 0) is 65.2 Å². The number of carbonyl (C=O) groups is 1. The van der Waals surface area contributed by atoms with Crippen LogP contribution in [0, 0.1) is 6.92 Å². The van der Waals surface area contributed by atoms with Gasteiger partial charge in [-0.1, -0.05) is 19.1 Å². The van der Waals surface area contributed by atoms with E-state index >= 15 is 0 Å². The average Bonchev–Trinajstić information content (AvgIpc) is 2.88. The average molecular weight is 421 g/mol. The molecule has 130 valence electrons. The lowest BCUT2D eigenvalue weighted by molar-refractivity contribution is 0.0981. The van der Waals surface area contributed by atoms with Gasteiger partial charge in [0.25, 0.3) is 15.9 Å². The van der Waals surface area contributed by atoms with Crippen molar-refractivity contribution in [3.05, 3.63) is 63.8 Å². The molecule has 0 saturated carbocycles. The van der Waals surface area contributed by atoms with Crippen LogP contribution in [0.2, 0.25) is 0 Å². The van der Waals surface area contributed by atoms with Gasteiger partial charge in [0.15, 0.2) is 0 Å². The highest BCUT2D eigenvalue weighted by molar-refractivity contribution is 9.10. The Morgan fingerprint density at radius 3 is 2.60 bits per heavy atom. The zero-order chi connectivity index (χ0) is 18.2. The number of rotatable bonds is 4. The molecule has 2 N–H and O–H groups in total. The van der Waals surface area contributed by atoms with E-state index < -0.39 is 15.9 Å². The standard InChI is InChI=1S/C18H17BrN2O3S/c1-3-13-11(2)20-16-9-8-12(10-14(13)16)18(22)21-25(23,24)17-7-5-4-6-15(17)19/h4-10,20H,3H2,1-2H3,(H,21,22). The van der Waals surface area contributed by atoms with Crippen molar-refractivity contribution < 1.29 is 13.2 Å². The lowest BCUT2D eigenvalue weighted by atomic mass is 10.1. The first kappa shape index (κ1) is 17.7. The summed E-state index contributed by atoms with van der Waals surface area (Å²) in [6, 6.07) is 11.5. The highest BCUT2D eigenvalue weighted by Gasteiger charge is 2.21. The SMILES string of the molecule is CCc1c(C)[nH]c2ccc(C(=O)NS(=O)(=O)c3ccccc3Br)cc12. The van der Waals surface area contributed by atoms with E-state index in [0.29, 0.717) is 10.0 Å². The molecule has 0 atom stereocenters. The molecule has 5 nitrogen and oxygen atoms in total. The van der Waals surface area contributed by atoms with Gasteiger partial charge < -0.3 is 4.98 Å². The predicted molar refractivity (Wildman–Crippen MR) is 101 cm³/mol. The van der Waals surface area contributed by atoms with E-state index in [4.69, 9.17) is 0 Å². The van der Waals surface area contributed by atoms with Crippen LogP contribution >= 0.6 is 15.9 Å². The van der Waals surface area contributed by atoms with E-state index in [0.717, 1.165) is 28.6 Å². The molecular formula is C18H17BrN2O3S. The number of hydrogen-bond acceptors (Lipinski definition) is 3. The largest absolute Gasteiger partial charge is 0.358 e. The van der Waals surface area contributed by atoms with E-state index in [9.17, 15) is 13.2 Å². The van der Waals surface area contributed by atoms with Gasteiger partial charge in [-0.15, -0.1) is 0 Å². The molecule has 1 amide bonds. The number of aromatic nitrogens is 1. The number of aromatic amines is 1. The number of carbonyl (C=O) groups excluding carboxylic acids is 1. The molecule has 7 heteroatoms. The molecule has 0 aliphatic rings. The number of amides is 1. The molecule has 0 aliphatic carbocycles. The van der Waals surface area contributed by atoms with Gasteiger partial charge in [0.1, 0.15) is 4.90 Å². The quantitative estimate of drug-likeness (QED) is 0.670. The van der Waals surface area contributed by atoms with Crippen LogP contribution in [-0.4, -0.2) is 19.3 Å². The van der Waals surface area contributed by atoms with Crippen molar-refractivity contribution in [1.29, 1.82) is 0 Å². The zero-order valence-electron chi connectivity index (χ0n) is 13.8. The fourth-order valence-corrected chi connectivity index (χ4v) is 4.86. The third-order valence-corrected chi connectivity index (χ3v) is 6.43. The Kier molecular flexibility index (Phi) is 4.71. The predicted octanol–water partition coefficient (Wildman–Crippen LogP) is 3.92. The van der Waals surface area contributed by atoms with Crippen molar-refractivity contribution in [2.75, 3.05) is 0 Å². The maximum absolute atomic E-state index is 12.5. The van der Waals surface area contributed by atoms with Crippen molar-refractivity contribution in [3.8, 4) is 0 Å². The second-order valence-corrected chi connectivity index (χ2v) is 8.21. The molecule has 0 aliphatic heterocycles. The van der Waals surface area contributed by atoms with Crippen molar-refractivity contribution in [1.82, 2.24) is 9.71 Å². The smallest absolute Gasteiger partial charge is 0.265 e. The summed E-state index contributed by atoms with van der Waals surface area (Å²) in [7, 11) is -3.96. The topological polar surface area (TPSA) is 79.0 Å². The minimum Gasteiger partial charge on any atom is -0.358 e. The minimum absolute atomic E-state index is 0.0242. The van der Waals surface area contributed by atoms with Gasteiger partial charge in [-0.25, -0.2) is 13.1 Å². The van der Waals surface area contributed by atoms with Crippen LogP contribution < -0.4 is 4.72 Å². The second kappa shape index (κ2) is 6.65. The summed E-state index contributed by atoms with van der Waals surface area (Å²) in [5.74, 6) is -0.654. The zero-order valence-corrected chi connectivity index (χ0v) is 16.2. The fraction of sp³-hybridized carbons (Fsp3) is 0.167. The Hall–Kier alpha value is -2.12. The normalized spacial score (nSPS) is 11.6. The molecule has 0 unspecified atom stereocenters. The summed E-state index contributed by atoms with van der Waals surface area (Å²) >= 11 is 3.20. The second-order valence-electron chi connectivity index (χ2n) is 5.71. The van der Waals surface area contributed by atoms with Crippen molar-refractivity contribution in [3.63, 3.8) is 0 Å². The molecule has 1 aromatic heterocycles. The fourth-order valence-electron chi connectivity index (χ4n) is 2.88. The number of benzene rings is 2. The molecule has 0 saturated heterocycles. The highest BCUT2D eigenvalue weighted by atomic mass is 79.9. The summed E-state index contributed by atoms with van der Waals surface area (Å²) in [6.45, 7) is 4.02. The lowest BCUT2D eigenvalue weighted by Crippen LogP contribution is -2.30. The molecule has 0 fully saturated rings. The summed E-state index contributed by atoms with van der Waals surface area (Å²) in [4.78, 5) is 15.8. The van der Waals surface area contributed by atoms with E-state index in [-0.39, 0.29) is 4.90 Å². The van der Waals surface area contributed by atoms with Crippen LogP contribution in [0.1, 0.15) is 28.5 Å². The Morgan fingerprint density at radius 2 is 1.92 bits per heavy atom. The van der Waals surface area contributed by atoms with Crippen molar-refractivity contribution in [2.24, 2.45) is 0 Å². The van der Waals surface area contributed by atoms with E-state index in [1.54, 1.807) is 36.4 Å². The van der Waals surface area contributed by atoms with Crippen LogP contribution in [0.5, 0.6) is 0 Å². The van der Waals surface area contributed by atoms with Crippen LogP contribution in [0.3, 0.4) is 0 Å². The van der Waals surface area contributed by atoms with Gasteiger partial charge in [-0.2, -0.15) is 0 Å². The van der Waals surface area contributed by atoms with Gasteiger partial charge >= 0.3 is 0 Å². The van der Waals surface area contributed by atoms with Gasteiger partial charge in [0.05, 0.1) is 0 Å². The molecule has 25 heavy (non-hydrogen) atoms. The molecule has 3 aromatic rings. The molecule has 0 radical (unpaired) electrons. The molecular weight excluding hydrogens is 404 g/mol. The number of nitrogens with one attached hydrogen (secondary N) is 2. The first-order valence-corrected chi connectivity index (χ1v) is 10.0. The Labute approximate surface area is 154 Å². The first-order chi connectivity index (χ1) is 11.8. The number of sulfonamides is 1. The molecule has 1 heterocycles. The van der Waals surface area contributed by atoms with Crippen LogP contribution in [0.25, 0.3) is 10.9 Å². The van der Waals surface area contributed by atoms with E-state index in [1.165, 1.54) is 6.07 Å². The Morgan fingerprint density at radius 1 is 1.20 bits per heavy atom. The van der Waals surface area contributed by atoms with Crippen LogP contribution in [-0.2, 0) is 16.4 Å². The summed E-state index contributed by atoms with van der Waals surface area (Å²) in [5.41, 5.74) is 3.41. The summed E-state index contributed by atoms with van der Waals surface area (Å²) < 4.78 is 27.5. The third-order valence-electron chi connectivity index (χ3n) is 4.09. The Bertz CT molecular complexity index is 1070. The van der Waals surface area contributed by atoms with E-state index in [2.05, 4.69) is 25.6 Å². The van der Waals surface area contributed by atoms with Crippen molar-refractivity contribution >= 4 is 42.8 Å². The summed E-state index contributed by atoms with van der Waals surface area (Å²) in [6.07, 6.45) is 0.826. The number of halogens is 1. The van der Waals surface area contributed by atoms with Gasteiger partial charge in [-0.3, -0.25) is 4.79 Å². The van der Waals surface area contributed by atoms with Gasteiger partial charge in [0, 0.05) is 26.6 Å². The first-order valence-electron chi connectivity index (χ1n) is 7.76. The molecule has 2 aromatic carbocycles. The van der Waals surface area contributed by atoms with Gasteiger partial charge in [0.2, 0.25) is 0 Å². The Balaban J connectivity index is 1.96. The third kappa shape index (κ3) is 3.34. The number of H-pyrrole nitrogens is 1. The maximum Gasteiger partial charge on any atom is 0.265 e. The highest BCUT2D eigenvalue weighted by Crippen LogP contribution is 2.25. The number of aryl methyl sites for hydroxylation is 2. The molecule has 0 bridgehead atoms. The van der Waals surface area contributed by atoms with Crippen LogP contribution in [0.15, 0.2) is 51.8 Å². The molecule has 3 rings (SSSR count). The van der Waals surface area contributed by atoms with E-state index in [1.807, 2.05) is 13.8 Å². The number of hydrogen-bond donors (Lipinski definition) is 2. The minimum atomic E-state index is -3.96. The summed E-state index contributed by atoms with van der Waals surface area (Å²) in [5, 5.41) is 0.936. The monoisotopic (exact) mass is 420 g/mol. The maximum atomic E-state index is 12.5. The molecule has 0 spiro atoms. The lowest BCUT2D eigenvalue weighted by Gasteiger charge is -2.09.